The van der Waals surface area contributed by atoms with Crippen molar-refractivity contribution in [3.05, 3.63) is 46.2 Å². The number of amides is 2. The smallest absolute Gasteiger partial charge is 0.242 e. The maximum atomic E-state index is 13.4. The van der Waals surface area contributed by atoms with Gasteiger partial charge in [0.05, 0.1) is 19.7 Å². The fourth-order valence-electron chi connectivity index (χ4n) is 4.08. The minimum atomic E-state index is -0.189. The van der Waals surface area contributed by atoms with Crippen molar-refractivity contribution in [3.63, 3.8) is 0 Å². The van der Waals surface area contributed by atoms with Gasteiger partial charge in [-0.2, -0.15) is 0 Å². The Balaban J connectivity index is 1.77. The lowest BCUT2D eigenvalue weighted by atomic mass is 10.00. The Kier molecular flexibility index (Phi) is 8.56. The van der Waals surface area contributed by atoms with Crippen molar-refractivity contribution in [3.8, 4) is 11.5 Å². The monoisotopic (exact) mass is 458 g/mol. The largest absolute Gasteiger partial charge is 0.493 e. The highest BCUT2D eigenvalue weighted by Crippen LogP contribution is 2.35. The normalized spacial score (nSPS) is 15.4. The maximum absolute atomic E-state index is 13.4. The molecular formula is C25H34N2O4S. The topological polar surface area (TPSA) is 59.1 Å². The molecule has 2 aromatic rings. The van der Waals surface area contributed by atoms with E-state index in [9.17, 15) is 9.59 Å². The van der Waals surface area contributed by atoms with E-state index in [0.29, 0.717) is 37.6 Å². The second-order valence-electron chi connectivity index (χ2n) is 8.53. The van der Waals surface area contributed by atoms with Crippen molar-refractivity contribution in [1.82, 2.24) is 9.80 Å². The van der Waals surface area contributed by atoms with Gasteiger partial charge in [0.1, 0.15) is 6.61 Å². The van der Waals surface area contributed by atoms with E-state index in [4.69, 9.17) is 9.47 Å². The van der Waals surface area contributed by atoms with E-state index in [1.54, 1.807) is 23.3 Å². The highest BCUT2D eigenvalue weighted by molar-refractivity contribution is 7.10. The maximum Gasteiger partial charge on any atom is 0.242 e. The van der Waals surface area contributed by atoms with E-state index in [1.807, 2.05) is 49.9 Å². The number of benzene rings is 1. The van der Waals surface area contributed by atoms with Crippen molar-refractivity contribution in [2.24, 2.45) is 5.92 Å². The van der Waals surface area contributed by atoms with Gasteiger partial charge in [-0.15, -0.1) is 11.3 Å². The second-order valence-corrected chi connectivity index (χ2v) is 9.53. The quantitative estimate of drug-likeness (QED) is 0.524. The molecule has 0 saturated heterocycles. The molecule has 0 spiro atoms. The Labute approximate surface area is 195 Å². The van der Waals surface area contributed by atoms with Crippen LogP contribution in [-0.4, -0.2) is 55.0 Å². The molecule has 32 heavy (non-hydrogen) atoms. The van der Waals surface area contributed by atoms with E-state index in [2.05, 4.69) is 11.4 Å². The van der Waals surface area contributed by atoms with Gasteiger partial charge in [0.2, 0.25) is 11.8 Å². The Bertz CT molecular complexity index is 911. The first-order chi connectivity index (χ1) is 15.4. The summed E-state index contributed by atoms with van der Waals surface area (Å²) in [6, 6.07) is 9.43. The lowest BCUT2D eigenvalue weighted by Crippen LogP contribution is -2.48. The number of carbonyl (C=O) groups is 2. The molecule has 1 aromatic heterocycles. The van der Waals surface area contributed by atoms with E-state index >= 15 is 0 Å². The van der Waals surface area contributed by atoms with Crippen LogP contribution in [0.15, 0.2) is 35.7 Å². The lowest BCUT2D eigenvalue weighted by Gasteiger charge is -2.37. The Morgan fingerprint density at radius 3 is 2.66 bits per heavy atom. The van der Waals surface area contributed by atoms with Crippen LogP contribution in [0.3, 0.4) is 0 Å². The van der Waals surface area contributed by atoms with Crippen LogP contribution < -0.4 is 9.47 Å². The van der Waals surface area contributed by atoms with Crippen LogP contribution in [-0.2, 0) is 16.0 Å². The van der Waals surface area contributed by atoms with Crippen LogP contribution in [0.25, 0.3) is 0 Å². The summed E-state index contributed by atoms with van der Waals surface area (Å²) >= 11 is 1.72. The third-order valence-electron chi connectivity index (χ3n) is 5.64. The van der Waals surface area contributed by atoms with Gasteiger partial charge in [-0.3, -0.25) is 9.59 Å². The van der Waals surface area contributed by atoms with E-state index in [1.165, 1.54) is 4.88 Å². The number of rotatable bonds is 10. The number of para-hydroxylation sites is 2. The summed E-state index contributed by atoms with van der Waals surface area (Å²) in [7, 11) is 1.62. The summed E-state index contributed by atoms with van der Waals surface area (Å²) in [6.45, 7) is 7.76. The predicted octanol–water partition coefficient (Wildman–Crippen LogP) is 4.55. The average Bonchev–Trinajstić information content (AvgIpc) is 3.26. The van der Waals surface area contributed by atoms with Crippen molar-refractivity contribution < 1.29 is 19.1 Å². The average molecular weight is 459 g/mol. The van der Waals surface area contributed by atoms with Crippen molar-refractivity contribution in [2.75, 3.05) is 33.4 Å². The summed E-state index contributed by atoms with van der Waals surface area (Å²) in [5, 5.41) is 2.07. The van der Waals surface area contributed by atoms with Gasteiger partial charge in [-0.25, -0.2) is 0 Å². The van der Waals surface area contributed by atoms with Crippen LogP contribution in [0.2, 0.25) is 0 Å². The summed E-state index contributed by atoms with van der Waals surface area (Å²) in [6.07, 6.45) is 2.12. The number of hydrogen-bond donors (Lipinski definition) is 0. The Morgan fingerprint density at radius 1 is 1.22 bits per heavy atom. The molecule has 1 aromatic carbocycles. The summed E-state index contributed by atoms with van der Waals surface area (Å²) in [4.78, 5) is 31.0. The van der Waals surface area contributed by atoms with Gasteiger partial charge in [-0.1, -0.05) is 32.9 Å². The molecule has 2 amide bonds. The second kappa shape index (κ2) is 11.4. The molecular weight excluding hydrogens is 424 g/mol. The molecule has 0 fully saturated rings. The van der Waals surface area contributed by atoms with E-state index in [-0.39, 0.29) is 30.3 Å². The molecule has 174 valence electrons. The van der Waals surface area contributed by atoms with Gasteiger partial charge in [-0.05, 0) is 47.9 Å². The third kappa shape index (κ3) is 5.82. The number of ether oxygens (including phenoxy) is 2. The van der Waals surface area contributed by atoms with Gasteiger partial charge in [0, 0.05) is 24.4 Å². The molecule has 1 aliphatic heterocycles. The van der Waals surface area contributed by atoms with Crippen LogP contribution in [0.1, 0.15) is 50.1 Å². The highest BCUT2D eigenvalue weighted by Gasteiger charge is 2.33. The number of methoxy groups -OCH3 is 1. The van der Waals surface area contributed by atoms with Gasteiger partial charge in [0.25, 0.3) is 0 Å². The van der Waals surface area contributed by atoms with Crippen LogP contribution in [0.5, 0.6) is 11.5 Å². The first kappa shape index (κ1) is 24.1. The zero-order chi connectivity index (χ0) is 23.1. The van der Waals surface area contributed by atoms with E-state index in [0.717, 1.165) is 18.4 Å². The third-order valence-corrected chi connectivity index (χ3v) is 6.63. The first-order valence-electron chi connectivity index (χ1n) is 11.3. The lowest BCUT2D eigenvalue weighted by molar-refractivity contribution is -0.143. The van der Waals surface area contributed by atoms with Crippen molar-refractivity contribution in [2.45, 2.75) is 46.1 Å². The molecule has 1 atom stereocenters. The van der Waals surface area contributed by atoms with Crippen LogP contribution >= 0.6 is 11.3 Å². The number of hydrogen-bond acceptors (Lipinski definition) is 5. The molecule has 0 radical (unpaired) electrons. The van der Waals surface area contributed by atoms with Crippen molar-refractivity contribution in [1.29, 1.82) is 0 Å². The molecule has 6 nitrogen and oxygen atoms in total. The molecule has 0 saturated carbocycles. The molecule has 3 rings (SSSR count). The molecule has 7 heteroatoms. The summed E-state index contributed by atoms with van der Waals surface area (Å²) in [5.41, 5.74) is 1.14. The Hall–Kier alpha value is -2.54. The van der Waals surface area contributed by atoms with Crippen LogP contribution in [0.4, 0.5) is 0 Å². The number of thiophene rings is 1. The zero-order valence-electron chi connectivity index (χ0n) is 19.5. The highest BCUT2D eigenvalue weighted by atomic mass is 32.1. The standard InChI is InChI=1S/C25H34N2O4S/c1-5-12-26(24(28)15-18(2)3)16-25(29)27-13-10-23-19(11-14-32-23)20(27)17-31-22-9-7-6-8-21(22)30-4/h6-9,11,14,18,20H,5,10,12-13,15-17H2,1-4H3. The minimum absolute atomic E-state index is 0.0268. The minimum Gasteiger partial charge on any atom is -0.493 e. The number of fused-ring (bicyclic) bond motifs is 1. The van der Waals surface area contributed by atoms with E-state index < -0.39 is 0 Å². The predicted molar refractivity (Wildman–Crippen MR) is 127 cm³/mol. The van der Waals surface area contributed by atoms with Crippen LogP contribution in [0, 0.1) is 5.92 Å². The zero-order valence-corrected chi connectivity index (χ0v) is 20.3. The first-order valence-corrected chi connectivity index (χ1v) is 12.2. The van der Waals surface area contributed by atoms with Crippen molar-refractivity contribution >= 4 is 23.2 Å². The molecule has 0 N–H and O–H groups in total. The molecule has 0 bridgehead atoms. The molecule has 1 unspecified atom stereocenters. The summed E-state index contributed by atoms with van der Waals surface area (Å²) in [5.74, 6) is 1.61. The summed E-state index contributed by atoms with van der Waals surface area (Å²) < 4.78 is 11.5. The van der Waals surface area contributed by atoms with Gasteiger partial charge >= 0.3 is 0 Å². The molecule has 1 aliphatic rings. The fraction of sp³-hybridized carbons (Fsp3) is 0.520. The van der Waals surface area contributed by atoms with Gasteiger partial charge in [0.15, 0.2) is 11.5 Å². The SMILES string of the molecule is CCCN(CC(=O)N1CCc2sccc2C1COc1ccccc1OC)C(=O)CC(C)C. The Morgan fingerprint density at radius 2 is 1.97 bits per heavy atom. The molecule has 2 heterocycles. The number of nitrogens with zero attached hydrogens (tertiary/aromatic N) is 2. The number of carbonyl (C=O) groups excluding carboxylic acids is 2. The fourth-order valence-corrected chi connectivity index (χ4v) is 5.00. The van der Waals surface area contributed by atoms with Gasteiger partial charge < -0.3 is 19.3 Å². The molecule has 0 aliphatic carbocycles.